The Morgan fingerprint density at radius 2 is 2.10 bits per heavy atom. The Morgan fingerprint density at radius 1 is 1.38 bits per heavy atom. The van der Waals surface area contributed by atoms with Crippen LogP contribution in [0.4, 0.5) is 0 Å². The fourth-order valence-corrected chi connectivity index (χ4v) is 2.45. The van der Waals surface area contributed by atoms with E-state index in [-0.39, 0.29) is 11.9 Å². The molecule has 1 saturated heterocycles. The van der Waals surface area contributed by atoms with Gasteiger partial charge in [0, 0.05) is 25.6 Å². The summed E-state index contributed by atoms with van der Waals surface area (Å²) in [7, 11) is 0. The van der Waals surface area contributed by atoms with E-state index in [1.165, 1.54) is 0 Å². The molecule has 1 amide bonds. The summed E-state index contributed by atoms with van der Waals surface area (Å²) in [6.07, 6.45) is 1.63. The van der Waals surface area contributed by atoms with Crippen LogP contribution in [0.2, 0.25) is 0 Å². The molecule has 114 valence electrons. The molecule has 0 saturated carbocycles. The average Bonchev–Trinajstić information content (AvgIpc) is 2.83. The number of rotatable bonds is 5. The summed E-state index contributed by atoms with van der Waals surface area (Å²) in [6, 6.07) is 8.36. The lowest BCUT2D eigenvalue weighted by Crippen LogP contribution is -2.36. The van der Waals surface area contributed by atoms with E-state index in [1.807, 2.05) is 36.9 Å². The van der Waals surface area contributed by atoms with Gasteiger partial charge in [0.25, 0.3) is 0 Å². The van der Waals surface area contributed by atoms with Crippen LogP contribution in [0.15, 0.2) is 29.3 Å². The second-order valence-corrected chi connectivity index (χ2v) is 5.69. The topological polar surface area (TPSA) is 70.7 Å². The van der Waals surface area contributed by atoms with Crippen molar-refractivity contribution in [3.05, 3.63) is 35.4 Å². The number of aliphatic imine (C=N–C) groups is 1. The number of carbonyl (C=O) groups excluding carboxylic acids is 1. The standard InChI is InChI=1S/C16H24N4O/c1-12(2)19-16(17)18-10-13-6-3-4-7-14(13)11-20-9-5-8-15(20)21/h3-4,6-7,12H,5,8-11H2,1-2H3,(H3,17,18,19). The minimum Gasteiger partial charge on any atom is -0.370 e. The maximum Gasteiger partial charge on any atom is 0.222 e. The van der Waals surface area contributed by atoms with Gasteiger partial charge in [0.1, 0.15) is 0 Å². The summed E-state index contributed by atoms with van der Waals surface area (Å²) in [4.78, 5) is 18.0. The quantitative estimate of drug-likeness (QED) is 0.639. The number of benzene rings is 1. The minimum atomic E-state index is 0.245. The summed E-state index contributed by atoms with van der Waals surface area (Å²) in [5.41, 5.74) is 8.10. The Balaban J connectivity index is 2.04. The lowest BCUT2D eigenvalue weighted by molar-refractivity contribution is -0.128. The van der Waals surface area contributed by atoms with Crippen molar-refractivity contribution >= 4 is 11.9 Å². The number of hydrogen-bond donors (Lipinski definition) is 2. The molecule has 0 unspecified atom stereocenters. The van der Waals surface area contributed by atoms with Crippen LogP contribution in [0.5, 0.6) is 0 Å². The Bertz CT molecular complexity index is 525. The molecule has 5 nitrogen and oxygen atoms in total. The number of hydrogen-bond acceptors (Lipinski definition) is 2. The van der Waals surface area contributed by atoms with Crippen LogP contribution in [0.25, 0.3) is 0 Å². The molecule has 5 heteroatoms. The predicted molar refractivity (Wildman–Crippen MR) is 84.7 cm³/mol. The molecule has 2 rings (SSSR count). The van der Waals surface area contributed by atoms with E-state index in [0.717, 1.165) is 24.1 Å². The van der Waals surface area contributed by atoms with Gasteiger partial charge in [-0.3, -0.25) is 4.79 Å². The zero-order chi connectivity index (χ0) is 15.2. The minimum absolute atomic E-state index is 0.245. The Kier molecular flexibility index (Phi) is 5.20. The van der Waals surface area contributed by atoms with E-state index >= 15 is 0 Å². The van der Waals surface area contributed by atoms with Crippen molar-refractivity contribution in [1.29, 1.82) is 0 Å². The molecule has 0 aromatic heterocycles. The smallest absolute Gasteiger partial charge is 0.222 e. The van der Waals surface area contributed by atoms with E-state index in [9.17, 15) is 4.79 Å². The first-order valence-electron chi connectivity index (χ1n) is 7.47. The Morgan fingerprint density at radius 3 is 2.71 bits per heavy atom. The highest BCUT2D eigenvalue weighted by molar-refractivity contribution is 5.78. The average molecular weight is 288 g/mol. The number of amides is 1. The third-order valence-corrected chi connectivity index (χ3v) is 3.51. The SMILES string of the molecule is CC(C)NC(N)=NCc1ccccc1CN1CCCC1=O. The highest BCUT2D eigenvalue weighted by atomic mass is 16.2. The van der Waals surface area contributed by atoms with Gasteiger partial charge < -0.3 is 16.0 Å². The van der Waals surface area contributed by atoms with E-state index in [0.29, 0.717) is 25.5 Å². The first kappa shape index (κ1) is 15.4. The molecule has 0 spiro atoms. The number of nitrogens with zero attached hydrogens (tertiary/aromatic N) is 2. The van der Waals surface area contributed by atoms with Crippen molar-refractivity contribution in [3.63, 3.8) is 0 Å². The van der Waals surface area contributed by atoms with Crippen LogP contribution in [0.1, 0.15) is 37.8 Å². The summed E-state index contributed by atoms with van der Waals surface area (Å²) >= 11 is 0. The van der Waals surface area contributed by atoms with Crippen LogP contribution < -0.4 is 11.1 Å². The molecular weight excluding hydrogens is 264 g/mol. The van der Waals surface area contributed by atoms with Crippen LogP contribution in [-0.4, -0.2) is 29.4 Å². The summed E-state index contributed by atoms with van der Waals surface area (Å²) in [5.74, 6) is 0.700. The lowest BCUT2D eigenvalue weighted by atomic mass is 10.1. The zero-order valence-corrected chi connectivity index (χ0v) is 12.8. The number of likely N-dealkylation sites (tertiary alicyclic amines) is 1. The van der Waals surface area contributed by atoms with Crippen LogP contribution in [0.3, 0.4) is 0 Å². The van der Waals surface area contributed by atoms with Gasteiger partial charge in [0.15, 0.2) is 5.96 Å². The summed E-state index contributed by atoms with van der Waals surface area (Å²) in [6.45, 7) is 6.10. The van der Waals surface area contributed by atoms with Crippen molar-refractivity contribution in [2.45, 2.75) is 45.8 Å². The van der Waals surface area contributed by atoms with Crippen LogP contribution in [0, 0.1) is 0 Å². The largest absolute Gasteiger partial charge is 0.370 e. The van der Waals surface area contributed by atoms with Gasteiger partial charge in [-0.2, -0.15) is 0 Å². The fraction of sp³-hybridized carbons (Fsp3) is 0.500. The van der Waals surface area contributed by atoms with Crippen molar-refractivity contribution in [2.75, 3.05) is 6.54 Å². The molecule has 1 aromatic rings. The van der Waals surface area contributed by atoms with Crippen LogP contribution in [-0.2, 0) is 17.9 Å². The highest BCUT2D eigenvalue weighted by Gasteiger charge is 2.20. The predicted octanol–water partition coefficient (Wildman–Crippen LogP) is 1.62. The first-order chi connectivity index (χ1) is 10.1. The number of guanidine groups is 1. The van der Waals surface area contributed by atoms with Crippen LogP contribution >= 0.6 is 0 Å². The second kappa shape index (κ2) is 7.11. The van der Waals surface area contributed by atoms with Crippen molar-refractivity contribution < 1.29 is 4.79 Å². The molecule has 0 radical (unpaired) electrons. The zero-order valence-electron chi connectivity index (χ0n) is 12.8. The van der Waals surface area contributed by atoms with E-state index in [2.05, 4.69) is 16.4 Å². The molecule has 1 aliphatic heterocycles. The van der Waals surface area contributed by atoms with Gasteiger partial charge in [0.2, 0.25) is 5.91 Å². The maximum atomic E-state index is 11.7. The Labute approximate surface area is 126 Å². The van der Waals surface area contributed by atoms with E-state index in [4.69, 9.17) is 5.73 Å². The molecule has 21 heavy (non-hydrogen) atoms. The van der Waals surface area contributed by atoms with Gasteiger partial charge in [-0.05, 0) is 31.4 Å². The van der Waals surface area contributed by atoms with Gasteiger partial charge >= 0.3 is 0 Å². The van der Waals surface area contributed by atoms with Crippen molar-refractivity contribution in [2.24, 2.45) is 10.7 Å². The molecule has 1 aliphatic rings. The molecule has 0 aliphatic carbocycles. The Hall–Kier alpha value is -2.04. The van der Waals surface area contributed by atoms with E-state index in [1.54, 1.807) is 0 Å². The second-order valence-electron chi connectivity index (χ2n) is 5.69. The molecule has 1 heterocycles. The van der Waals surface area contributed by atoms with Crippen molar-refractivity contribution in [3.8, 4) is 0 Å². The third kappa shape index (κ3) is 4.48. The normalized spacial score (nSPS) is 15.9. The van der Waals surface area contributed by atoms with Gasteiger partial charge in [-0.1, -0.05) is 24.3 Å². The molecule has 0 atom stereocenters. The number of nitrogens with one attached hydrogen (secondary N) is 1. The third-order valence-electron chi connectivity index (χ3n) is 3.51. The van der Waals surface area contributed by atoms with Gasteiger partial charge in [-0.25, -0.2) is 4.99 Å². The van der Waals surface area contributed by atoms with Crippen molar-refractivity contribution in [1.82, 2.24) is 10.2 Å². The maximum absolute atomic E-state index is 11.7. The van der Waals surface area contributed by atoms with E-state index < -0.39 is 0 Å². The number of nitrogens with two attached hydrogens (primary N) is 1. The summed E-state index contributed by atoms with van der Waals surface area (Å²) < 4.78 is 0. The molecule has 1 aromatic carbocycles. The fourth-order valence-electron chi connectivity index (χ4n) is 2.45. The van der Waals surface area contributed by atoms with Gasteiger partial charge in [-0.15, -0.1) is 0 Å². The highest BCUT2D eigenvalue weighted by Crippen LogP contribution is 2.17. The monoisotopic (exact) mass is 288 g/mol. The summed E-state index contributed by atoms with van der Waals surface area (Å²) in [5, 5.41) is 3.08. The van der Waals surface area contributed by atoms with Gasteiger partial charge in [0.05, 0.1) is 6.54 Å². The molecule has 3 N–H and O–H groups in total. The molecule has 1 fully saturated rings. The molecular formula is C16H24N4O. The first-order valence-corrected chi connectivity index (χ1v) is 7.47. The number of carbonyl (C=O) groups is 1. The lowest BCUT2D eigenvalue weighted by Gasteiger charge is -2.17. The molecule has 0 bridgehead atoms.